The van der Waals surface area contributed by atoms with Crippen LogP contribution in [0, 0.1) is 0 Å². The van der Waals surface area contributed by atoms with Crippen LogP contribution in [-0.2, 0) is 16.1 Å². The molecule has 0 saturated heterocycles. The Balaban J connectivity index is 1.40. The summed E-state index contributed by atoms with van der Waals surface area (Å²) >= 11 is 1.53. The van der Waals surface area contributed by atoms with Gasteiger partial charge in [0.15, 0.2) is 0 Å². The molecule has 0 fully saturated rings. The van der Waals surface area contributed by atoms with Crippen molar-refractivity contribution in [2.75, 3.05) is 31.5 Å². The number of carbonyl (C=O) groups excluding carboxylic acids is 2. The van der Waals surface area contributed by atoms with Crippen molar-refractivity contribution in [3.8, 4) is 11.5 Å². The highest BCUT2D eigenvalue weighted by atomic mass is 32.1. The standard InChI is InChI=1S/C25H23N3O5S/c1-31-20-13-19(28-25(30)16-8-4-3-5-9-16)21(32-2)12-18(20)26-23(29)14-33-15-24-27-17-10-6-7-11-22(17)34-24/h3-13H,14-15H2,1-2H3,(H,26,29)(H,28,30). The van der Waals surface area contributed by atoms with Gasteiger partial charge in [0.1, 0.15) is 23.1 Å². The number of ether oxygens (including phenoxy) is 3. The number of fused-ring (bicyclic) bond motifs is 1. The predicted molar refractivity (Wildman–Crippen MR) is 132 cm³/mol. The van der Waals surface area contributed by atoms with Gasteiger partial charge in [0.25, 0.3) is 5.91 Å². The maximum atomic E-state index is 12.5. The molecule has 1 heterocycles. The van der Waals surface area contributed by atoms with Crippen molar-refractivity contribution < 1.29 is 23.8 Å². The number of amides is 2. The van der Waals surface area contributed by atoms with Crippen molar-refractivity contribution >= 4 is 44.7 Å². The molecule has 8 nitrogen and oxygen atoms in total. The van der Waals surface area contributed by atoms with E-state index >= 15 is 0 Å². The molecule has 1 aromatic heterocycles. The first kappa shape index (κ1) is 23.2. The number of carbonyl (C=O) groups is 2. The van der Waals surface area contributed by atoms with Crippen LogP contribution >= 0.6 is 11.3 Å². The Morgan fingerprint density at radius 1 is 0.882 bits per heavy atom. The monoisotopic (exact) mass is 477 g/mol. The molecular formula is C25H23N3O5S. The fourth-order valence-electron chi connectivity index (χ4n) is 3.28. The SMILES string of the molecule is COc1cc(NC(=O)c2ccccc2)c(OC)cc1NC(=O)COCc1nc2ccccc2s1. The van der Waals surface area contributed by atoms with Gasteiger partial charge in [-0.3, -0.25) is 9.59 Å². The minimum atomic E-state index is -0.359. The Morgan fingerprint density at radius 3 is 2.21 bits per heavy atom. The zero-order chi connectivity index (χ0) is 23.9. The normalized spacial score (nSPS) is 10.6. The summed E-state index contributed by atoms with van der Waals surface area (Å²) in [6.07, 6.45) is 0. The Morgan fingerprint density at radius 2 is 1.53 bits per heavy atom. The molecular weight excluding hydrogens is 454 g/mol. The quantitative estimate of drug-likeness (QED) is 0.362. The number of hydrogen-bond donors (Lipinski definition) is 2. The number of benzene rings is 3. The molecule has 0 saturated carbocycles. The summed E-state index contributed by atoms with van der Waals surface area (Å²) in [7, 11) is 2.95. The van der Waals surface area contributed by atoms with Gasteiger partial charge in [-0.1, -0.05) is 30.3 Å². The highest BCUT2D eigenvalue weighted by Crippen LogP contribution is 2.36. The number of anilines is 2. The van der Waals surface area contributed by atoms with E-state index in [9.17, 15) is 9.59 Å². The first-order valence-electron chi connectivity index (χ1n) is 10.4. The molecule has 2 amide bonds. The predicted octanol–water partition coefficient (Wildman–Crippen LogP) is 4.72. The summed E-state index contributed by atoms with van der Waals surface area (Å²) in [5.41, 5.74) is 2.22. The molecule has 4 aromatic rings. The van der Waals surface area contributed by atoms with Gasteiger partial charge >= 0.3 is 0 Å². The van der Waals surface area contributed by atoms with Crippen molar-refractivity contribution in [3.05, 3.63) is 77.3 Å². The van der Waals surface area contributed by atoms with Gasteiger partial charge < -0.3 is 24.8 Å². The molecule has 0 aliphatic rings. The number of aromatic nitrogens is 1. The third-order valence-corrected chi connectivity index (χ3v) is 5.89. The lowest BCUT2D eigenvalue weighted by atomic mass is 10.2. The second kappa shape index (κ2) is 10.8. The van der Waals surface area contributed by atoms with Crippen LogP contribution in [-0.4, -0.2) is 37.6 Å². The van der Waals surface area contributed by atoms with Crippen LogP contribution in [0.2, 0.25) is 0 Å². The molecule has 0 aliphatic heterocycles. The van der Waals surface area contributed by atoms with E-state index in [1.807, 2.05) is 30.3 Å². The zero-order valence-electron chi connectivity index (χ0n) is 18.7. The van der Waals surface area contributed by atoms with Gasteiger partial charge in [0, 0.05) is 17.7 Å². The minimum Gasteiger partial charge on any atom is -0.494 e. The first-order chi connectivity index (χ1) is 16.6. The molecule has 0 bridgehead atoms. The van der Waals surface area contributed by atoms with E-state index < -0.39 is 0 Å². The van der Waals surface area contributed by atoms with Crippen LogP contribution in [0.3, 0.4) is 0 Å². The number of hydrogen-bond acceptors (Lipinski definition) is 7. The fraction of sp³-hybridized carbons (Fsp3) is 0.160. The molecule has 2 N–H and O–H groups in total. The van der Waals surface area contributed by atoms with Crippen LogP contribution in [0.15, 0.2) is 66.7 Å². The molecule has 0 aliphatic carbocycles. The number of thiazole rings is 1. The Bertz CT molecular complexity index is 1270. The molecule has 174 valence electrons. The summed E-state index contributed by atoms with van der Waals surface area (Å²) in [6, 6.07) is 19.8. The zero-order valence-corrected chi connectivity index (χ0v) is 19.5. The fourth-order valence-corrected chi connectivity index (χ4v) is 4.18. The molecule has 9 heteroatoms. The second-order valence-electron chi connectivity index (χ2n) is 7.19. The second-order valence-corrected chi connectivity index (χ2v) is 8.30. The van der Waals surface area contributed by atoms with Gasteiger partial charge in [-0.2, -0.15) is 0 Å². The maximum Gasteiger partial charge on any atom is 0.255 e. The Kier molecular flexibility index (Phi) is 7.36. The number of nitrogens with zero attached hydrogens (tertiary/aromatic N) is 1. The van der Waals surface area contributed by atoms with E-state index in [1.54, 1.807) is 36.4 Å². The summed E-state index contributed by atoms with van der Waals surface area (Å²) in [4.78, 5) is 29.5. The Labute approximate surface area is 200 Å². The minimum absolute atomic E-state index is 0.159. The topological polar surface area (TPSA) is 98.8 Å². The number of para-hydroxylation sites is 1. The van der Waals surface area contributed by atoms with Crippen LogP contribution in [0.25, 0.3) is 10.2 Å². The van der Waals surface area contributed by atoms with E-state index in [1.165, 1.54) is 25.6 Å². The number of nitrogens with one attached hydrogen (secondary N) is 2. The maximum absolute atomic E-state index is 12.5. The van der Waals surface area contributed by atoms with Gasteiger partial charge in [-0.25, -0.2) is 4.98 Å². The van der Waals surface area contributed by atoms with Crippen LogP contribution in [0.1, 0.15) is 15.4 Å². The molecule has 34 heavy (non-hydrogen) atoms. The summed E-state index contributed by atoms with van der Waals surface area (Å²) < 4.78 is 17.4. The summed E-state index contributed by atoms with van der Waals surface area (Å²) in [5, 5.41) is 6.37. The number of methoxy groups -OCH3 is 2. The molecule has 0 atom stereocenters. The van der Waals surface area contributed by atoms with Crippen molar-refractivity contribution in [2.24, 2.45) is 0 Å². The van der Waals surface area contributed by atoms with Gasteiger partial charge in [-0.15, -0.1) is 11.3 Å². The average molecular weight is 478 g/mol. The molecule has 3 aromatic carbocycles. The van der Waals surface area contributed by atoms with Crippen LogP contribution in [0.5, 0.6) is 11.5 Å². The summed E-state index contributed by atoms with van der Waals surface area (Å²) in [5.74, 6) is 0.0861. The van der Waals surface area contributed by atoms with Crippen molar-refractivity contribution in [1.82, 2.24) is 4.98 Å². The van der Waals surface area contributed by atoms with Crippen LogP contribution < -0.4 is 20.1 Å². The van der Waals surface area contributed by atoms with Crippen molar-refractivity contribution in [3.63, 3.8) is 0 Å². The van der Waals surface area contributed by atoms with Crippen molar-refractivity contribution in [1.29, 1.82) is 0 Å². The molecule has 0 radical (unpaired) electrons. The van der Waals surface area contributed by atoms with Crippen LogP contribution in [0.4, 0.5) is 11.4 Å². The van der Waals surface area contributed by atoms with Gasteiger partial charge in [0.2, 0.25) is 5.91 Å². The van der Waals surface area contributed by atoms with E-state index in [-0.39, 0.29) is 25.0 Å². The third kappa shape index (κ3) is 5.51. The lowest BCUT2D eigenvalue weighted by Gasteiger charge is -2.16. The smallest absolute Gasteiger partial charge is 0.255 e. The van der Waals surface area contributed by atoms with E-state index in [0.29, 0.717) is 28.4 Å². The van der Waals surface area contributed by atoms with Gasteiger partial charge in [-0.05, 0) is 24.3 Å². The Hall–Kier alpha value is -3.95. The molecule has 4 rings (SSSR count). The largest absolute Gasteiger partial charge is 0.494 e. The van der Waals surface area contributed by atoms with E-state index in [0.717, 1.165) is 15.2 Å². The third-order valence-electron chi connectivity index (χ3n) is 4.88. The molecule has 0 spiro atoms. The number of rotatable bonds is 9. The van der Waals surface area contributed by atoms with Crippen molar-refractivity contribution in [2.45, 2.75) is 6.61 Å². The molecule has 0 unspecified atom stereocenters. The lowest BCUT2D eigenvalue weighted by molar-refractivity contribution is -0.121. The summed E-state index contributed by atoms with van der Waals surface area (Å²) in [6.45, 7) is 0.0750. The highest BCUT2D eigenvalue weighted by molar-refractivity contribution is 7.18. The average Bonchev–Trinajstić information content (AvgIpc) is 3.28. The van der Waals surface area contributed by atoms with E-state index in [4.69, 9.17) is 14.2 Å². The van der Waals surface area contributed by atoms with E-state index in [2.05, 4.69) is 15.6 Å². The van der Waals surface area contributed by atoms with Gasteiger partial charge in [0.05, 0.1) is 42.4 Å². The highest BCUT2D eigenvalue weighted by Gasteiger charge is 2.16. The first-order valence-corrected chi connectivity index (χ1v) is 11.2. The lowest BCUT2D eigenvalue weighted by Crippen LogP contribution is -2.19.